The topological polar surface area (TPSA) is 134 Å². The summed E-state index contributed by atoms with van der Waals surface area (Å²) in [5.41, 5.74) is 5.38. The summed E-state index contributed by atoms with van der Waals surface area (Å²) in [4.78, 5) is 35.1. The fourth-order valence-corrected chi connectivity index (χ4v) is 9.59. The van der Waals surface area contributed by atoms with Crippen molar-refractivity contribution in [3.8, 4) is 0 Å². The van der Waals surface area contributed by atoms with E-state index in [-0.39, 0.29) is 38.6 Å². The highest BCUT2D eigenvalue weighted by Crippen LogP contribution is 2.43. The number of ether oxygens (including phenoxy) is 2. The molecule has 0 aromatic rings. The summed E-state index contributed by atoms with van der Waals surface area (Å²) < 4.78 is 33.0. The van der Waals surface area contributed by atoms with E-state index >= 15 is 0 Å². The number of carbonyl (C=O) groups excluding carboxylic acids is 2. The van der Waals surface area contributed by atoms with Crippen LogP contribution >= 0.6 is 7.82 Å². The summed E-state index contributed by atoms with van der Waals surface area (Å²) in [7, 11) is -4.39. The molecule has 0 fully saturated rings. The van der Waals surface area contributed by atoms with Crippen molar-refractivity contribution < 1.29 is 37.6 Å². The first-order valence-electron chi connectivity index (χ1n) is 29.2. The van der Waals surface area contributed by atoms with Crippen molar-refractivity contribution >= 4 is 19.8 Å². The molecule has 0 aliphatic rings. The SMILES string of the molecule is CCCCCCCCCCCCCCCCCCCC/C=C/CCCC(=O)O[C@H](COC(=O)CCCCCCCCCCCCCCCCCCCCCCCCC)COP(=O)(O)OCCN. The van der Waals surface area contributed by atoms with Gasteiger partial charge in [0.15, 0.2) is 6.10 Å². The smallest absolute Gasteiger partial charge is 0.462 e. The summed E-state index contributed by atoms with van der Waals surface area (Å²) >= 11 is 0. The third-order valence-electron chi connectivity index (χ3n) is 13.2. The van der Waals surface area contributed by atoms with Crippen molar-refractivity contribution in [3.63, 3.8) is 0 Å². The van der Waals surface area contributed by atoms with E-state index in [1.165, 1.54) is 244 Å². The number of phosphoric ester groups is 1. The largest absolute Gasteiger partial charge is 0.472 e. The molecule has 0 radical (unpaired) electrons. The highest BCUT2D eigenvalue weighted by Gasteiger charge is 2.26. The van der Waals surface area contributed by atoms with E-state index in [9.17, 15) is 19.0 Å². The molecule has 67 heavy (non-hydrogen) atoms. The molecule has 2 atom stereocenters. The van der Waals surface area contributed by atoms with Crippen molar-refractivity contribution in [2.75, 3.05) is 26.4 Å². The standard InChI is InChI=1S/C57H112NO8P/c1-3-5-7-9-11-13-15-17-19-21-23-25-27-29-31-33-35-37-39-41-43-45-47-49-56(59)63-53-55(54-65-67(61,62)64-52-51-58)66-57(60)50-48-46-44-42-40-38-36-34-32-30-28-26-24-22-20-18-16-14-12-10-8-6-4-2/h42,44,55H,3-41,43,45-54,58H2,1-2H3,(H,61,62)/b44-42+/t55-/m1/s1. The molecule has 0 bridgehead atoms. The van der Waals surface area contributed by atoms with Gasteiger partial charge in [0.05, 0.1) is 13.2 Å². The Kier molecular flexibility index (Phi) is 53.1. The van der Waals surface area contributed by atoms with Crippen molar-refractivity contribution in [2.45, 2.75) is 315 Å². The van der Waals surface area contributed by atoms with Crippen LogP contribution in [0.3, 0.4) is 0 Å². The molecule has 0 amide bonds. The molecule has 0 rings (SSSR count). The average Bonchev–Trinajstić information content (AvgIpc) is 3.32. The van der Waals surface area contributed by atoms with E-state index in [0.29, 0.717) is 6.42 Å². The predicted molar refractivity (Wildman–Crippen MR) is 284 cm³/mol. The molecule has 9 nitrogen and oxygen atoms in total. The number of carbonyl (C=O) groups is 2. The summed E-state index contributed by atoms with van der Waals surface area (Å²) in [6.07, 6.45) is 61.4. The van der Waals surface area contributed by atoms with Crippen LogP contribution in [0.2, 0.25) is 0 Å². The fourth-order valence-electron chi connectivity index (χ4n) is 8.82. The van der Waals surface area contributed by atoms with Crippen LogP contribution in [0, 0.1) is 0 Å². The van der Waals surface area contributed by atoms with E-state index < -0.39 is 26.5 Å². The third kappa shape index (κ3) is 53.9. The molecule has 0 aliphatic heterocycles. The van der Waals surface area contributed by atoms with Crippen molar-refractivity contribution in [1.82, 2.24) is 0 Å². The van der Waals surface area contributed by atoms with Gasteiger partial charge >= 0.3 is 19.8 Å². The summed E-state index contributed by atoms with van der Waals surface area (Å²) in [5, 5.41) is 0. The minimum Gasteiger partial charge on any atom is -0.462 e. The Balaban J connectivity index is 3.95. The molecular weight excluding hydrogens is 858 g/mol. The van der Waals surface area contributed by atoms with Crippen LogP contribution in [-0.2, 0) is 32.7 Å². The molecule has 0 spiro atoms. The normalized spacial score (nSPS) is 13.1. The van der Waals surface area contributed by atoms with Gasteiger partial charge in [-0.25, -0.2) is 4.57 Å². The number of rotatable bonds is 56. The highest BCUT2D eigenvalue weighted by atomic mass is 31.2. The van der Waals surface area contributed by atoms with E-state index in [1.54, 1.807) is 0 Å². The van der Waals surface area contributed by atoms with Crippen LogP contribution in [0.1, 0.15) is 309 Å². The van der Waals surface area contributed by atoms with Gasteiger partial charge in [-0.3, -0.25) is 18.6 Å². The summed E-state index contributed by atoms with van der Waals surface area (Å²) in [6.45, 7) is 3.78. The summed E-state index contributed by atoms with van der Waals surface area (Å²) in [6, 6.07) is 0. The Labute approximate surface area is 415 Å². The monoisotopic (exact) mass is 970 g/mol. The lowest BCUT2D eigenvalue weighted by molar-refractivity contribution is -0.161. The van der Waals surface area contributed by atoms with Gasteiger partial charge in [-0.2, -0.15) is 0 Å². The first-order chi connectivity index (χ1) is 32.8. The Hall–Kier alpha value is -1.25. The minimum atomic E-state index is -4.39. The second-order valence-electron chi connectivity index (χ2n) is 19.9. The van der Waals surface area contributed by atoms with E-state index in [2.05, 4.69) is 26.0 Å². The van der Waals surface area contributed by atoms with Gasteiger partial charge in [0.2, 0.25) is 0 Å². The fraction of sp³-hybridized carbons (Fsp3) is 0.930. The maximum atomic E-state index is 12.7. The first kappa shape index (κ1) is 65.8. The number of nitrogens with two attached hydrogens (primary N) is 1. The maximum Gasteiger partial charge on any atom is 0.472 e. The molecule has 3 N–H and O–H groups in total. The van der Waals surface area contributed by atoms with Gasteiger partial charge in [0.25, 0.3) is 0 Å². The van der Waals surface area contributed by atoms with Crippen LogP contribution in [0.15, 0.2) is 12.2 Å². The zero-order chi connectivity index (χ0) is 48.8. The van der Waals surface area contributed by atoms with Gasteiger partial charge in [-0.15, -0.1) is 0 Å². The van der Waals surface area contributed by atoms with Crippen LogP contribution in [-0.4, -0.2) is 49.3 Å². The van der Waals surface area contributed by atoms with Gasteiger partial charge in [0, 0.05) is 19.4 Å². The number of esters is 2. The van der Waals surface area contributed by atoms with Gasteiger partial charge in [-0.1, -0.05) is 276 Å². The third-order valence-corrected chi connectivity index (χ3v) is 14.1. The summed E-state index contributed by atoms with van der Waals surface area (Å²) in [5.74, 6) is -0.844. The lowest BCUT2D eigenvalue weighted by Gasteiger charge is -2.19. The van der Waals surface area contributed by atoms with Crippen LogP contribution < -0.4 is 5.73 Å². The Morgan fingerprint density at radius 2 is 0.746 bits per heavy atom. The second-order valence-corrected chi connectivity index (χ2v) is 21.3. The van der Waals surface area contributed by atoms with Crippen molar-refractivity contribution in [2.24, 2.45) is 5.73 Å². The van der Waals surface area contributed by atoms with Crippen molar-refractivity contribution in [3.05, 3.63) is 12.2 Å². The van der Waals surface area contributed by atoms with Crippen LogP contribution in [0.5, 0.6) is 0 Å². The van der Waals surface area contributed by atoms with E-state index in [0.717, 1.165) is 32.1 Å². The number of unbranched alkanes of at least 4 members (excludes halogenated alkanes) is 41. The van der Waals surface area contributed by atoms with Gasteiger partial charge in [-0.05, 0) is 32.1 Å². The zero-order valence-electron chi connectivity index (χ0n) is 44.4. The molecule has 0 aromatic heterocycles. The molecule has 398 valence electrons. The Morgan fingerprint density at radius 1 is 0.433 bits per heavy atom. The van der Waals surface area contributed by atoms with Gasteiger partial charge < -0.3 is 20.1 Å². The molecule has 0 heterocycles. The van der Waals surface area contributed by atoms with Crippen LogP contribution in [0.25, 0.3) is 0 Å². The molecular formula is C57H112NO8P. The predicted octanol–water partition coefficient (Wildman–Crippen LogP) is 18.1. The first-order valence-corrected chi connectivity index (χ1v) is 30.7. The quantitative estimate of drug-likeness (QED) is 0.0264. The lowest BCUT2D eigenvalue weighted by atomic mass is 10.0. The zero-order valence-corrected chi connectivity index (χ0v) is 45.3. The molecule has 10 heteroatoms. The van der Waals surface area contributed by atoms with Gasteiger partial charge in [0.1, 0.15) is 6.61 Å². The highest BCUT2D eigenvalue weighted by molar-refractivity contribution is 7.47. The number of hydrogen-bond donors (Lipinski definition) is 2. The van der Waals surface area contributed by atoms with Crippen LogP contribution in [0.4, 0.5) is 0 Å². The molecule has 0 saturated carbocycles. The second kappa shape index (κ2) is 54.1. The van der Waals surface area contributed by atoms with E-state index in [1.807, 2.05) is 0 Å². The molecule has 0 aliphatic carbocycles. The molecule has 0 saturated heterocycles. The Bertz CT molecular complexity index is 1110. The maximum absolute atomic E-state index is 12.7. The molecule has 1 unspecified atom stereocenters. The number of phosphoric acid groups is 1. The minimum absolute atomic E-state index is 0.0531. The number of hydrogen-bond acceptors (Lipinski definition) is 8. The van der Waals surface area contributed by atoms with Crippen molar-refractivity contribution in [1.29, 1.82) is 0 Å². The number of allylic oxidation sites excluding steroid dienone is 2. The average molecular weight is 970 g/mol. The molecule has 0 aromatic carbocycles. The van der Waals surface area contributed by atoms with E-state index in [4.69, 9.17) is 24.3 Å². The lowest BCUT2D eigenvalue weighted by Crippen LogP contribution is -2.29. The Morgan fingerprint density at radius 3 is 1.10 bits per heavy atom.